The highest BCUT2D eigenvalue weighted by molar-refractivity contribution is 5.87. The van der Waals surface area contributed by atoms with E-state index in [1.54, 1.807) is 29.2 Å². The Bertz CT molecular complexity index is 2830. The van der Waals surface area contributed by atoms with Crippen LogP contribution in [0.15, 0.2) is 67.0 Å². The van der Waals surface area contributed by atoms with Crippen LogP contribution in [0.5, 0.6) is 0 Å². The molecular formula is C52H60F8N10O8. The van der Waals surface area contributed by atoms with Crippen molar-refractivity contribution in [1.29, 1.82) is 0 Å². The van der Waals surface area contributed by atoms with Gasteiger partial charge in [-0.05, 0) is 95.0 Å². The normalized spacial score (nSPS) is 17.9. The highest BCUT2D eigenvalue weighted by Gasteiger charge is 2.57. The van der Waals surface area contributed by atoms with E-state index in [2.05, 4.69) is 41.8 Å². The summed E-state index contributed by atoms with van der Waals surface area (Å²) in [5, 5.41) is 32.2. The van der Waals surface area contributed by atoms with Gasteiger partial charge in [0, 0.05) is 73.9 Å². The lowest BCUT2D eigenvalue weighted by Crippen LogP contribution is -2.63. The predicted molar refractivity (Wildman–Crippen MR) is 265 cm³/mol. The van der Waals surface area contributed by atoms with E-state index in [1.807, 2.05) is 22.9 Å². The molecule has 3 aliphatic rings. The molecule has 3 fully saturated rings. The number of amides is 4. The minimum absolute atomic E-state index is 0.0101. The van der Waals surface area contributed by atoms with Gasteiger partial charge in [-0.25, -0.2) is 28.4 Å². The number of benzene rings is 2. The molecule has 78 heavy (non-hydrogen) atoms. The number of methoxy groups -OCH3 is 1. The monoisotopic (exact) mass is 1100 g/mol. The molecule has 4 heterocycles. The van der Waals surface area contributed by atoms with Gasteiger partial charge < -0.3 is 40.5 Å². The Labute approximate surface area is 443 Å². The zero-order chi connectivity index (χ0) is 56.9. The number of ether oxygens (including phenoxy) is 2. The second-order valence-electron chi connectivity index (χ2n) is 20.5. The molecule has 4 amide bonds. The van der Waals surface area contributed by atoms with E-state index < -0.39 is 108 Å². The number of anilines is 1. The molecule has 6 N–H and O–H groups in total. The summed E-state index contributed by atoms with van der Waals surface area (Å²) in [6, 6.07) is 6.77. The third kappa shape index (κ3) is 14.1. The number of carboxylic acid groups (broad SMARTS) is 1. The van der Waals surface area contributed by atoms with Crippen LogP contribution in [0.3, 0.4) is 0 Å². The van der Waals surface area contributed by atoms with Crippen molar-refractivity contribution in [3.8, 4) is 23.1 Å². The fraction of sp³-hybridized carbons (Fsp3) is 0.500. The SMILES string of the molecule is COC(=O)N[C@H](C(=O)N[C@@H](Cc1ccc(C#Cc2ccc(N3CCN4CCOC[C@H]4C3)nc2)cc1)[C@@H](O)CN(Cc1c(F)cc(-c2ccn(C3CC3)n2)cc1F)NC(=O)[C@@H](NC(=O)O)C(C)(C)C(F)(F)F)C(C)(C)C(F)(F)F. The lowest BCUT2D eigenvalue weighted by atomic mass is 9.82. The molecule has 2 aliphatic heterocycles. The number of rotatable bonds is 18. The number of hydrogen-bond acceptors (Lipinski definition) is 12. The van der Waals surface area contributed by atoms with Crippen LogP contribution in [-0.4, -0.2) is 155 Å². The van der Waals surface area contributed by atoms with Crippen LogP contribution in [0.4, 0.5) is 50.5 Å². The minimum Gasteiger partial charge on any atom is -0.465 e. The molecule has 0 bridgehead atoms. The summed E-state index contributed by atoms with van der Waals surface area (Å²) in [7, 11) is 0.838. The standard InChI is InChI=1S/C52H60F8N10O8/c1-49(2,51(55,56)57)43(64-48(76)77-5)45(72)62-40(22-31-9-6-30(7-10-31)8-11-32-12-15-42(61-25-32)68-19-18-67-20-21-78-29-35(67)26-68)41(71)28-69(66-46(73)44(63-47(74)75)50(3,4)52(58,59)60)27-36-37(53)23-33(24-38(36)54)39-16-17-70(65-39)34-13-14-34/h6-7,9-10,12,15-17,23-25,34-35,40-41,43-44,63,71H,13-14,18-22,26-29H2,1-5H3,(H,62,72)(H,64,76)(H,66,73)(H,74,75)/t35-,40+,41+,43-,44-/m1/s1. The first kappa shape index (κ1) is 58.6. The second kappa shape index (κ2) is 23.9. The summed E-state index contributed by atoms with van der Waals surface area (Å²) in [4.78, 5) is 61.3. The van der Waals surface area contributed by atoms with Crippen molar-refractivity contribution < 1.29 is 74.0 Å². The number of aliphatic hydroxyl groups is 1. The molecule has 5 atom stereocenters. The van der Waals surface area contributed by atoms with E-state index in [4.69, 9.17) is 4.74 Å². The molecule has 0 unspecified atom stereocenters. The molecule has 0 radical (unpaired) electrons. The smallest absolute Gasteiger partial charge is 0.407 e. The maximum Gasteiger partial charge on any atom is 0.407 e. The predicted octanol–water partition coefficient (Wildman–Crippen LogP) is 5.94. The molecular weight excluding hydrogens is 1040 g/mol. The molecule has 1 aliphatic carbocycles. The van der Waals surface area contributed by atoms with Crippen LogP contribution < -0.4 is 26.3 Å². The van der Waals surface area contributed by atoms with Crippen molar-refractivity contribution in [2.75, 3.05) is 57.9 Å². The zero-order valence-electron chi connectivity index (χ0n) is 43.1. The highest BCUT2D eigenvalue weighted by atomic mass is 19.4. The van der Waals surface area contributed by atoms with Gasteiger partial charge in [-0.15, -0.1) is 0 Å². The first-order valence-corrected chi connectivity index (χ1v) is 24.8. The molecule has 0 spiro atoms. The molecule has 1 saturated carbocycles. The quantitative estimate of drug-likeness (QED) is 0.0387. The van der Waals surface area contributed by atoms with E-state index in [9.17, 15) is 55.7 Å². The number of nitrogens with zero attached hydrogens (tertiary/aromatic N) is 6. The van der Waals surface area contributed by atoms with E-state index in [-0.39, 0.29) is 23.3 Å². The first-order chi connectivity index (χ1) is 36.6. The number of piperazine rings is 1. The van der Waals surface area contributed by atoms with Crippen LogP contribution in [0.1, 0.15) is 68.8 Å². The number of hydrazine groups is 1. The average molecular weight is 1110 g/mol. The molecule has 2 saturated heterocycles. The summed E-state index contributed by atoms with van der Waals surface area (Å²) in [6.45, 7) is 4.82. The Morgan fingerprint density at radius 3 is 2.05 bits per heavy atom. The fourth-order valence-corrected chi connectivity index (χ4v) is 8.90. The maximum atomic E-state index is 16.1. The van der Waals surface area contributed by atoms with Crippen molar-refractivity contribution in [1.82, 2.24) is 46.0 Å². The van der Waals surface area contributed by atoms with Crippen molar-refractivity contribution in [2.45, 2.75) is 102 Å². The number of nitrogens with one attached hydrogen (secondary N) is 4. The number of alkyl carbamates (subject to hydrolysis) is 1. The Hall–Kier alpha value is -7.08. The van der Waals surface area contributed by atoms with Gasteiger partial charge in [-0.2, -0.15) is 31.4 Å². The summed E-state index contributed by atoms with van der Waals surface area (Å²) in [6.07, 6.45) is -11.5. The van der Waals surface area contributed by atoms with Crippen LogP contribution in [0, 0.1) is 34.3 Å². The molecule has 422 valence electrons. The first-order valence-electron chi connectivity index (χ1n) is 24.8. The summed E-state index contributed by atoms with van der Waals surface area (Å²) in [5.41, 5.74) is -3.37. The van der Waals surface area contributed by atoms with E-state index in [0.29, 0.717) is 62.6 Å². The maximum absolute atomic E-state index is 16.1. The molecule has 4 aromatic rings. The van der Waals surface area contributed by atoms with Crippen LogP contribution in [-0.2, 0) is 32.0 Å². The van der Waals surface area contributed by atoms with Gasteiger partial charge in [-0.3, -0.25) is 24.6 Å². The number of pyridine rings is 1. The Morgan fingerprint density at radius 2 is 1.46 bits per heavy atom. The summed E-state index contributed by atoms with van der Waals surface area (Å²) >= 11 is 0. The van der Waals surface area contributed by atoms with Crippen LogP contribution >= 0.6 is 0 Å². The van der Waals surface area contributed by atoms with Crippen molar-refractivity contribution in [3.63, 3.8) is 0 Å². The number of fused-ring (bicyclic) bond motifs is 1. The van der Waals surface area contributed by atoms with Gasteiger partial charge >= 0.3 is 24.5 Å². The number of carbonyl (C=O) groups excluding carboxylic acids is 3. The second-order valence-corrected chi connectivity index (χ2v) is 20.5. The number of hydrogen-bond donors (Lipinski definition) is 6. The number of aromatic nitrogens is 3. The van der Waals surface area contributed by atoms with Gasteiger partial charge in [0.25, 0.3) is 5.91 Å². The van der Waals surface area contributed by atoms with Gasteiger partial charge in [-0.1, -0.05) is 24.0 Å². The van der Waals surface area contributed by atoms with E-state index in [0.717, 1.165) is 64.1 Å². The Balaban J connectivity index is 1.18. The van der Waals surface area contributed by atoms with Crippen molar-refractivity contribution in [3.05, 3.63) is 101 Å². The van der Waals surface area contributed by atoms with Crippen molar-refractivity contribution in [2.24, 2.45) is 10.8 Å². The van der Waals surface area contributed by atoms with Gasteiger partial charge in [0.05, 0.1) is 61.1 Å². The van der Waals surface area contributed by atoms with Gasteiger partial charge in [0.15, 0.2) is 0 Å². The number of halogens is 8. The molecule has 2 aromatic carbocycles. The Kier molecular flexibility index (Phi) is 17.9. The minimum atomic E-state index is -5.23. The van der Waals surface area contributed by atoms with Crippen LogP contribution in [0.2, 0.25) is 0 Å². The fourth-order valence-electron chi connectivity index (χ4n) is 8.90. The molecule has 7 rings (SSSR count). The zero-order valence-corrected chi connectivity index (χ0v) is 43.1. The lowest BCUT2D eigenvalue weighted by molar-refractivity contribution is -0.221. The molecule has 2 aromatic heterocycles. The largest absolute Gasteiger partial charge is 0.465 e. The average Bonchev–Trinajstić information content (AvgIpc) is 4.17. The summed E-state index contributed by atoms with van der Waals surface area (Å²) < 4.78 is 131. The Morgan fingerprint density at radius 1 is 0.833 bits per heavy atom. The van der Waals surface area contributed by atoms with E-state index in [1.165, 1.54) is 23.5 Å². The molecule has 18 nitrogen and oxygen atoms in total. The van der Waals surface area contributed by atoms with Crippen LogP contribution in [0.25, 0.3) is 11.3 Å². The van der Waals surface area contributed by atoms with Gasteiger partial charge in [0.2, 0.25) is 5.91 Å². The lowest BCUT2D eigenvalue weighted by Gasteiger charge is -2.44. The number of carbonyl (C=O) groups is 4. The third-order valence-electron chi connectivity index (χ3n) is 14.2. The summed E-state index contributed by atoms with van der Waals surface area (Å²) in [5.74, 6) is 1.12. The van der Waals surface area contributed by atoms with Gasteiger partial charge in [0.1, 0.15) is 29.5 Å². The number of morpholine rings is 1. The number of alkyl halides is 6. The van der Waals surface area contributed by atoms with E-state index >= 15 is 8.78 Å². The number of aliphatic hydroxyl groups excluding tert-OH is 1. The third-order valence-corrected chi connectivity index (χ3v) is 14.2. The highest BCUT2D eigenvalue weighted by Crippen LogP contribution is 2.42. The van der Waals surface area contributed by atoms with Crippen molar-refractivity contribution >= 4 is 29.8 Å². The molecule has 26 heteroatoms. The topological polar surface area (TPSA) is 216 Å².